The summed E-state index contributed by atoms with van der Waals surface area (Å²) >= 11 is 0. The molecule has 19 heavy (non-hydrogen) atoms. The van der Waals surface area contributed by atoms with Gasteiger partial charge in [-0.2, -0.15) is 0 Å². The van der Waals surface area contributed by atoms with Gasteiger partial charge in [-0.15, -0.1) is 0 Å². The van der Waals surface area contributed by atoms with Crippen LogP contribution in [0.25, 0.3) is 0 Å². The Kier molecular flexibility index (Phi) is 4.55. The molecule has 2 aliphatic heterocycles. The van der Waals surface area contributed by atoms with Crippen LogP contribution in [0.1, 0.15) is 32.6 Å². The van der Waals surface area contributed by atoms with Crippen molar-refractivity contribution in [3.63, 3.8) is 0 Å². The highest BCUT2D eigenvalue weighted by Gasteiger charge is 2.43. The van der Waals surface area contributed by atoms with Crippen LogP contribution >= 0.6 is 0 Å². The van der Waals surface area contributed by atoms with Crippen LogP contribution < -0.4 is 0 Å². The van der Waals surface area contributed by atoms with Gasteiger partial charge in [-0.05, 0) is 38.5 Å². The molecule has 2 rings (SSSR count). The monoisotopic (exact) mass is 292 g/mol. The number of hydrogen-bond acceptors (Lipinski definition) is 5. The van der Waals surface area contributed by atoms with Crippen molar-refractivity contribution < 1.29 is 23.0 Å². The topological polar surface area (TPSA) is 72.8 Å². The zero-order valence-corrected chi connectivity index (χ0v) is 12.5. The van der Waals surface area contributed by atoms with Gasteiger partial charge in [-0.25, -0.2) is 8.42 Å². The van der Waals surface area contributed by atoms with Crippen LogP contribution in [-0.4, -0.2) is 56.6 Å². The van der Waals surface area contributed by atoms with Gasteiger partial charge in [0, 0.05) is 26.1 Å². The average molecular weight is 292 g/mol. The summed E-state index contributed by atoms with van der Waals surface area (Å²) in [4.78, 5) is 0. The number of rotatable bonds is 3. The van der Waals surface area contributed by atoms with Crippen molar-refractivity contribution in [1.82, 2.24) is 0 Å². The fourth-order valence-corrected chi connectivity index (χ4v) is 3.81. The summed E-state index contributed by atoms with van der Waals surface area (Å²) in [6, 6.07) is 0. The quantitative estimate of drug-likeness (QED) is 0.831. The normalized spacial score (nSPS) is 31.0. The van der Waals surface area contributed by atoms with Crippen molar-refractivity contribution in [2.75, 3.05) is 26.1 Å². The summed E-state index contributed by atoms with van der Waals surface area (Å²) in [5.41, 5.74) is -0.209. The lowest BCUT2D eigenvalue weighted by atomic mass is 9.78. The lowest BCUT2D eigenvalue weighted by molar-refractivity contribution is -0.158. The second kappa shape index (κ2) is 5.68. The highest BCUT2D eigenvalue weighted by molar-refractivity contribution is 7.91. The van der Waals surface area contributed by atoms with Gasteiger partial charge in [0.05, 0.1) is 17.0 Å². The third kappa shape index (κ3) is 3.48. The summed E-state index contributed by atoms with van der Waals surface area (Å²) in [5, 5.41) is 9.61. The molecule has 1 N–H and O–H groups in total. The molecule has 0 aromatic rings. The van der Waals surface area contributed by atoms with Gasteiger partial charge >= 0.3 is 0 Å². The Morgan fingerprint density at radius 2 is 1.89 bits per heavy atom. The van der Waals surface area contributed by atoms with Gasteiger partial charge in [0.15, 0.2) is 9.84 Å². The SMILES string of the molecule is CC(C(O)C1CCOC2(CCOCC2)C1)S(C)(=O)=O. The van der Waals surface area contributed by atoms with Crippen LogP contribution in [0.2, 0.25) is 0 Å². The van der Waals surface area contributed by atoms with Crippen molar-refractivity contribution >= 4 is 9.84 Å². The number of sulfone groups is 1. The van der Waals surface area contributed by atoms with Crippen molar-refractivity contribution in [2.24, 2.45) is 5.92 Å². The van der Waals surface area contributed by atoms with Crippen molar-refractivity contribution in [2.45, 2.75) is 49.6 Å². The summed E-state index contributed by atoms with van der Waals surface area (Å²) in [6.45, 7) is 3.55. The van der Waals surface area contributed by atoms with Crippen LogP contribution in [0.3, 0.4) is 0 Å². The van der Waals surface area contributed by atoms with E-state index in [4.69, 9.17) is 9.47 Å². The van der Waals surface area contributed by atoms with Crippen molar-refractivity contribution in [3.05, 3.63) is 0 Å². The Bertz CT molecular complexity index is 394. The van der Waals surface area contributed by atoms with E-state index in [0.717, 1.165) is 25.7 Å². The molecule has 1 spiro atoms. The number of hydrogen-bond donors (Lipinski definition) is 1. The minimum Gasteiger partial charge on any atom is -0.391 e. The maximum Gasteiger partial charge on any atom is 0.152 e. The maximum absolute atomic E-state index is 11.6. The summed E-state index contributed by atoms with van der Waals surface area (Å²) < 4.78 is 34.4. The highest BCUT2D eigenvalue weighted by atomic mass is 32.2. The van der Waals surface area contributed by atoms with Crippen molar-refractivity contribution in [1.29, 1.82) is 0 Å². The molecular weight excluding hydrogens is 268 g/mol. The van der Waals surface area contributed by atoms with Gasteiger partial charge in [0.25, 0.3) is 0 Å². The van der Waals surface area contributed by atoms with Crippen LogP contribution in [0.5, 0.6) is 0 Å². The Labute approximate surface area is 115 Å². The second-order valence-corrected chi connectivity index (χ2v) is 8.32. The number of ether oxygens (including phenoxy) is 2. The largest absolute Gasteiger partial charge is 0.391 e. The Balaban J connectivity index is 2.04. The maximum atomic E-state index is 11.6. The Hall–Kier alpha value is -0.170. The average Bonchev–Trinajstić information content (AvgIpc) is 2.37. The molecule has 2 heterocycles. The molecule has 6 heteroatoms. The first-order valence-electron chi connectivity index (χ1n) is 6.93. The molecule has 112 valence electrons. The molecule has 0 aromatic carbocycles. The van der Waals surface area contributed by atoms with E-state index in [1.807, 2.05) is 0 Å². The van der Waals surface area contributed by atoms with E-state index in [1.54, 1.807) is 6.92 Å². The van der Waals surface area contributed by atoms with Crippen LogP contribution in [0.4, 0.5) is 0 Å². The van der Waals surface area contributed by atoms with E-state index in [1.165, 1.54) is 6.26 Å². The van der Waals surface area contributed by atoms with E-state index in [2.05, 4.69) is 0 Å². The van der Waals surface area contributed by atoms with E-state index in [9.17, 15) is 13.5 Å². The summed E-state index contributed by atoms with van der Waals surface area (Å²) in [7, 11) is -3.21. The zero-order chi connectivity index (χ0) is 14.1. The van der Waals surface area contributed by atoms with Gasteiger partial charge in [-0.3, -0.25) is 0 Å². The van der Waals surface area contributed by atoms with Gasteiger partial charge in [0.1, 0.15) is 0 Å². The number of aliphatic hydroxyl groups excluding tert-OH is 1. The first kappa shape index (κ1) is 15.2. The van der Waals surface area contributed by atoms with Gasteiger partial charge < -0.3 is 14.6 Å². The van der Waals surface area contributed by atoms with Gasteiger partial charge in [-0.1, -0.05) is 0 Å². The molecule has 0 aliphatic carbocycles. The fourth-order valence-electron chi connectivity index (χ4n) is 3.09. The third-order valence-electron chi connectivity index (χ3n) is 4.57. The summed E-state index contributed by atoms with van der Waals surface area (Å²) in [5.74, 6) is -0.00317. The van der Waals surface area contributed by atoms with E-state index >= 15 is 0 Å². The third-order valence-corrected chi connectivity index (χ3v) is 6.20. The predicted molar refractivity (Wildman–Crippen MR) is 71.8 cm³/mol. The standard InChI is InChI=1S/C13H24O5S/c1-10(19(2,15)16)12(14)11-3-6-18-13(9-11)4-7-17-8-5-13/h10-12,14H,3-9H2,1-2H3. The zero-order valence-electron chi connectivity index (χ0n) is 11.7. The van der Waals surface area contributed by atoms with E-state index < -0.39 is 21.2 Å². The lowest BCUT2D eigenvalue weighted by Crippen LogP contribution is -2.49. The molecule has 0 amide bonds. The second-order valence-electron chi connectivity index (χ2n) is 5.92. The summed E-state index contributed by atoms with van der Waals surface area (Å²) in [6.07, 6.45) is 3.51. The van der Waals surface area contributed by atoms with Crippen molar-refractivity contribution in [3.8, 4) is 0 Å². The molecule has 3 atom stereocenters. The predicted octanol–water partition coefficient (Wildman–Crippen LogP) is 0.756. The molecule has 2 fully saturated rings. The molecule has 2 saturated heterocycles. The molecule has 5 nitrogen and oxygen atoms in total. The molecule has 2 aliphatic rings. The molecule has 0 bridgehead atoms. The lowest BCUT2D eigenvalue weighted by Gasteiger charge is -2.45. The first-order chi connectivity index (χ1) is 8.84. The molecule has 3 unspecified atom stereocenters. The van der Waals surface area contributed by atoms with E-state index in [-0.39, 0.29) is 11.5 Å². The molecular formula is C13H24O5S. The van der Waals surface area contributed by atoms with Gasteiger partial charge in [0.2, 0.25) is 0 Å². The minimum absolute atomic E-state index is 0.00317. The van der Waals surface area contributed by atoms with Crippen LogP contribution in [-0.2, 0) is 19.3 Å². The Morgan fingerprint density at radius 3 is 2.47 bits per heavy atom. The fraction of sp³-hybridized carbons (Fsp3) is 1.00. The Morgan fingerprint density at radius 1 is 1.26 bits per heavy atom. The minimum atomic E-state index is -3.21. The van der Waals surface area contributed by atoms with Crippen LogP contribution in [0.15, 0.2) is 0 Å². The molecule has 0 radical (unpaired) electrons. The molecule has 0 aromatic heterocycles. The number of aliphatic hydroxyl groups is 1. The highest BCUT2D eigenvalue weighted by Crippen LogP contribution is 2.39. The molecule has 0 saturated carbocycles. The first-order valence-corrected chi connectivity index (χ1v) is 8.88. The smallest absolute Gasteiger partial charge is 0.152 e. The van der Waals surface area contributed by atoms with E-state index in [0.29, 0.717) is 19.8 Å². The van der Waals surface area contributed by atoms with Crippen LogP contribution in [0, 0.1) is 5.92 Å².